The molecule has 0 aromatic heterocycles. The van der Waals surface area contributed by atoms with Crippen LogP contribution in [0.4, 0.5) is 9.18 Å². The zero-order chi connectivity index (χ0) is 17.4. The number of ether oxygens (including phenoxy) is 3. The Hall–Kier alpha value is -2.76. The van der Waals surface area contributed by atoms with Gasteiger partial charge in [0, 0.05) is 0 Å². The highest BCUT2D eigenvalue weighted by molar-refractivity contribution is 5.67. The van der Waals surface area contributed by atoms with Gasteiger partial charge in [-0.05, 0) is 62.4 Å². The second-order valence-electron chi connectivity index (χ2n) is 5.26. The van der Waals surface area contributed by atoms with E-state index in [1.165, 1.54) is 12.1 Å². The molecule has 0 atom stereocenters. The van der Waals surface area contributed by atoms with Crippen molar-refractivity contribution in [3.8, 4) is 17.2 Å². The molecule has 2 aromatic carbocycles. The topological polar surface area (TPSA) is 56.8 Å². The van der Waals surface area contributed by atoms with Crippen LogP contribution >= 0.6 is 0 Å². The van der Waals surface area contributed by atoms with Crippen LogP contribution in [-0.2, 0) is 4.74 Å². The van der Waals surface area contributed by atoms with E-state index >= 15 is 0 Å². The van der Waals surface area contributed by atoms with Gasteiger partial charge in [-0.2, -0.15) is 0 Å². The van der Waals surface area contributed by atoms with E-state index in [1.807, 2.05) is 0 Å². The van der Waals surface area contributed by atoms with Gasteiger partial charge in [0.05, 0.1) is 12.6 Å². The third kappa shape index (κ3) is 6.16. The fourth-order valence-electron chi connectivity index (χ4n) is 1.82. The number of hydrogen-bond acceptors (Lipinski definition) is 4. The molecule has 1 N–H and O–H groups in total. The number of halogens is 1. The van der Waals surface area contributed by atoms with Crippen molar-refractivity contribution < 1.29 is 23.4 Å². The predicted molar refractivity (Wildman–Crippen MR) is 88.0 cm³/mol. The number of nitrogens with one attached hydrogen (secondary N) is 1. The van der Waals surface area contributed by atoms with Crippen molar-refractivity contribution >= 4 is 6.09 Å². The molecule has 0 fully saturated rings. The van der Waals surface area contributed by atoms with Gasteiger partial charge in [0.25, 0.3) is 0 Å². The summed E-state index contributed by atoms with van der Waals surface area (Å²) in [5.41, 5.74) is 0. The van der Waals surface area contributed by atoms with Crippen molar-refractivity contribution in [1.82, 2.24) is 5.32 Å². The van der Waals surface area contributed by atoms with Gasteiger partial charge < -0.3 is 19.5 Å². The molecule has 0 spiro atoms. The number of rotatable bonds is 7. The van der Waals surface area contributed by atoms with Crippen molar-refractivity contribution in [1.29, 1.82) is 0 Å². The van der Waals surface area contributed by atoms with Crippen LogP contribution in [0.15, 0.2) is 48.5 Å². The minimum Gasteiger partial charge on any atom is -0.492 e. The monoisotopic (exact) mass is 333 g/mol. The van der Waals surface area contributed by atoms with Crippen LogP contribution in [0.25, 0.3) is 0 Å². The number of hydrogen-bond donors (Lipinski definition) is 1. The van der Waals surface area contributed by atoms with Gasteiger partial charge in [-0.3, -0.25) is 0 Å². The normalized spacial score (nSPS) is 10.3. The molecule has 0 heterocycles. The molecule has 0 unspecified atom stereocenters. The van der Waals surface area contributed by atoms with Crippen molar-refractivity contribution in [2.24, 2.45) is 0 Å². The van der Waals surface area contributed by atoms with Crippen molar-refractivity contribution in [2.75, 3.05) is 13.2 Å². The van der Waals surface area contributed by atoms with E-state index < -0.39 is 6.09 Å². The van der Waals surface area contributed by atoms with Gasteiger partial charge >= 0.3 is 6.09 Å². The molecule has 0 aliphatic heterocycles. The first-order chi connectivity index (χ1) is 11.5. The van der Waals surface area contributed by atoms with Crippen LogP contribution in [0.1, 0.15) is 13.8 Å². The van der Waals surface area contributed by atoms with Gasteiger partial charge in [-0.1, -0.05) is 0 Å². The number of alkyl carbamates (subject to hydrolysis) is 1. The van der Waals surface area contributed by atoms with E-state index in [2.05, 4.69) is 5.32 Å². The Bertz CT molecular complexity index is 641. The molecular weight excluding hydrogens is 313 g/mol. The van der Waals surface area contributed by atoms with E-state index in [4.69, 9.17) is 14.2 Å². The highest BCUT2D eigenvalue weighted by atomic mass is 19.1. The van der Waals surface area contributed by atoms with E-state index in [1.54, 1.807) is 50.2 Å². The summed E-state index contributed by atoms with van der Waals surface area (Å²) >= 11 is 0. The number of carbonyl (C=O) groups is 1. The summed E-state index contributed by atoms with van der Waals surface area (Å²) in [6.07, 6.45) is -0.615. The standard InChI is InChI=1S/C18H20FNO4/c1-13(2)23-18(21)20-11-12-22-15-7-9-17(10-8-15)24-16-5-3-14(19)4-6-16/h3-10,13H,11-12H2,1-2H3,(H,20,21). The number of amides is 1. The molecule has 0 aliphatic carbocycles. The molecule has 0 aliphatic rings. The summed E-state index contributed by atoms with van der Waals surface area (Å²) in [7, 11) is 0. The second kappa shape index (κ2) is 8.76. The van der Waals surface area contributed by atoms with Gasteiger partial charge in [-0.15, -0.1) is 0 Å². The number of benzene rings is 2. The molecule has 5 nitrogen and oxygen atoms in total. The molecule has 0 saturated carbocycles. The zero-order valence-electron chi connectivity index (χ0n) is 13.6. The maximum atomic E-state index is 12.8. The van der Waals surface area contributed by atoms with Gasteiger partial charge in [0.1, 0.15) is 29.7 Å². The summed E-state index contributed by atoms with van der Waals surface area (Å²) < 4.78 is 28.9. The molecule has 0 bridgehead atoms. The second-order valence-corrected chi connectivity index (χ2v) is 5.26. The first kappa shape index (κ1) is 17.6. The van der Waals surface area contributed by atoms with Gasteiger partial charge in [0.15, 0.2) is 0 Å². The van der Waals surface area contributed by atoms with Crippen LogP contribution in [-0.4, -0.2) is 25.3 Å². The summed E-state index contributed by atoms with van der Waals surface area (Å²) in [4.78, 5) is 11.3. The predicted octanol–water partition coefficient (Wildman–Crippen LogP) is 4.13. The fourth-order valence-corrected chi connectivity index (χ4v) is 1.82. The van der Waals surface area contributed by atoms with Crippen LogP contribution in [0.3, 0.4) is 0 Å². The molecule has 2 rings (SSSR count). The Morgan fingerprint density at radius 3 is 2.12 bits per heavy atom. The highest BCUT2D eigenvalue weighted by Gasteiger charge is 2.04. The van der Waals surface area contributed by atoms with E-state index in [-0.39, 0.29) is 11.9 Å². The molecule has 1 amide bonds. The Kier molecular flexibility index (Phi) is 6.42. The average molecular weight is 333 g/mol. The Labute approximate surface area is 140 Å². The SMILES string of the molecule is CC(C)OC(=O)NCCOc1ccc(Oc2ccc(F)cc2)cc1. The Morgan fingerprint density at radius 2 is 1.54 bits per heavy atom. The molecule has 6 heteroatoms. The molecule has 0 saturated heterocycles. The average Bonchev–Trinajstić information content (AvgIpc) is 2.54. The Balaban J connectivity index is 1.74. The first-order valence-corrected chi connectivity index (χ1v) is 7.63. The molecule has 0 radical (unpaired) electrons. The smallest absolute Gasteiger partial charge is 0.407 e. The Morgan fingerprint density at radius 1 is 1.00 bits per heavy atom. The third-order valence-electron chi connectivity index (χ3n) is 2.86. The van der Waals surface area contributed by atoms with Crippen LogP contribution in [0.2, 0.25) is 0 Å². The maximum Gasteiger partial charge on any atom is 0.407 e. The van der Waals surface area contributed by atoms with Crippen LogP contribution in [0.5, 0.6) is 17.2 Å². The van der Waals surface area contributed by atoms with E-state index in [0.717, 1.165) is 0 Å². The van der Waals surface area contributed by atoms with Crippen molar-refractivity contribution in [3.63, 3.8) is 0 Å². The third-order valence-corrected chi connectivity index (χ3v) is 2.86. The minimum atomic E-state index is -0.461. The summed E-state index contributed by atoms with van der Waals surface area (Å²) in [6, 6.07) is 12.8. The van der Waals surface area contributed by atoms with Crippen molar-refractivity contribution in [3.05, 3.63) is 54.3 Å². The van der Waals surface area contributed by atoms with E-state index in [0.29, 0.717) is 30.4 Å². The van der Waals surface area contributed by atoms with Gasteiger partial charge in [0.2, 0.25) is 0 Å². The number of carbonyl (C=O) groups excluding carboxylic acids is 1. The van der Waals surface area contributed by atoms with E-state index in [9.17, 15) is 9.18 Å². The van der Waals surface area contributed by atoms with Crippen LogP contribution in [0, 0.1) is 5.82 Å². The van der Waals surface area contributed by atoms with Crippen LogP contribution < -0.4 is 14.8 Å². The van der Waals surface area contributed by atoms with Gasteiger partial charge in [-0.25, -0.2) is 9.18 Å². The lowest BCUT2D eigenvalue weighted by molar-refractivity contribution is 0.114. The highest BCUT2D eigenvalue weighted by Crippen LogP contribution is 2.23. The first-order valence-electron chi connectivity index (χ1n) is 7.63. The lowest BCUT2D eigenvalue weighted by Gasteiger charge is -2.11. The molecule has 24 heavy (non-hydrogen) atoms. The summed E-state index contributed by atoms with van der Waals surface area (Å²) in [5, 5.41) is 2.59. The summed E-state index contributed by atoms with van der Waals surface area (Å²) in [5.74, 6) is 1.52. The quantitative estimate of drug-likeness (QED) is 0.774. The molecule has 2 aromatic rings. The molecular formula is C18H20FNO4. The molecule has 128 valence electrons. The lowest BCUT2D eigenvalue weighted by atomic mass is 10.3. The zero-order valence-corrected chi connectivity index (χ0v) is 13.6. The fraction of sp³-hybridized carbons (Fsp3) is 0.278. The van der Waals surface area contributed by atoms with Crippen molar-refractivity contribution in [2.45, 2.75) is 20.0 Å². The minimum absolute atomic E-state index is 0.153. The summed E-state index contributed by atoms with van der Waals surface area (Å²) in [6.45, 7) is 4.24. The largest absolute Gasteiger partial charge is 0.492 e. The lowest BCUT2D eigenvalue weighted by Crippen LogP contribution is -2.30. The maximum absolute atomic E-state index is 12.8.